The number of hydrogen-bond donors (Lipinski definition) is 2. The van der Waals surface area contributed by atoms with Crippen molar-refractivity contribution in [2.75, 3.05) is 26.7 Å². The second kappa shape index (κ2) is 10.8. The first kappa shape index (κ1) is 21.9. The Bertz CT molecular complexity index is 646. The van der Waals surface area contributed by atoms with Gasteiger partial charge in [0, 0.05) is 26.1 Å². The highest BCUT2D eigenvalue weighted by Crippen LogP contribution is 2.23. The Balaban J connectivity index is 0.00000312. The molecule has 142 valence electrons. The molecule has 1 aromatic carbocycles. The van der Waals surface area contributed by atoms with Gasteiger partial charge in [-0.2, -0.15) is 4.31 Å². The topological polar surface area (TPSA) is 78.5 Å². The van der Waals surface area contributed by atoms with Crippen LogP contribution in [0.25, 0.3) is 0 Å². The molecule has 25 heavy (non-hydrogen) atoms. The summed E-state index contributed by atoms with van der Waals surface area (Å²) >= 11 is 0. The van der Waals surface area contributed by atoms with Crippen LogP contribution in [0, 0.1) is 0 Å². The van der Waals surface area contributed by atoms with Crippen LogP contribution in [-0.4, -0.2) is 45.3 Å². The summed E-state index contributed by atoms with van der Waals surface area (Å²) in [5.41, 5.74) is 0.644. The molecule has 0 unspecified atom stereocenters. The number of sulfonamides is 1. The molecule has 1 aromatic rings. The Hall–Kier alpha value is -1.15. The second-order valence-corrected chi connectivity index (χ2v) is 7.96. The second-order valence-electron chi connectivity index (χ2n) is 6.06. The average molecular weight is 390 g/mol. The largest absolute Gasteiger partial charge is 0.352 e. The molecule has 1 amide bonds. The third kappa shape index (κ3) is 6.26. The van der Waals surface area contributed by atoms with Gasteiger partial charge in [-0.05, 0) is 44.5 Å². The molecular formula is C17H28ClN3O3S. The maximum atomic E-state index is 12.9. The Morgan fingerprint density at radius 2 is 1.84 bits per heavy atom. The molecule has 0 aliphatic carbocycles. The Morgan fingerprint density at radius 3 is 2.52 bits per heavy atom. The van der Waals surface area contributed by atoms with Gasteiger partial charge in [-0.25, -0.2) is 8.42 Å². The molecule has 1 heterocycles. The molecule has 1 fully saturated rings. The number of nitrogens with one attached hydrogen (secondary N) is 2. The van der Waals surface area contributed by atoms with Crippen LogP contribution in [0.15, 0.2) is 29.2 Å². The highest BCUT2D eigenvalue weighted by Gasteiger charge is 2.27. The van der Waals surface area contributed by atoms with E-state index in [1.807, 2.05) is 7.05 Å². The minimum Gasteiger partial charge on any atom is -0.352 e. The van der Waals surface area contributed by atoms with E-state index >= 15 is 0 Å². The van der Waals surface area contributed by atoms with Crippen molar-refractivity contribution < 1.29 is 13.2 Å². The zero-order valence-electron chi connectivity index (χ0n) is 14.7. The molecule has 0 saturated carbocycles. The minimum atomic E-state index is -3.49. The first-order valence-corrected chi connectivity index (χ1v) is 9.99. The molecule has 2 N–H and O–H groups in total. The van der Waals surface area contributed by atoms with E-state index in [0.29, 0.717) is 30.0 Å². The highest BCUT2D eigenvalue weighted by molar-refractivity contribution is 7.89. The van der Waals surface area contributed by atoms with Crippen LogP contribution < -0.4 is 10.6 Å². The van der Waals surface area contributed by atoms with Gasteiger partial charge in [-0.15, -0.1) is 12.4 Å². The predicted molar refractivity (Wildman–Crippen MR) is 101 cm³/mol. The lowest BCUT2D eigenvalue weighted by molar-refractivity contribution is -0.121. The number of benzene rings is 1. The number of carbonyl (C=O) groups is 1. The fourth-order valence-electron chi connectivity index (χ4n) is 2.85. The van der Waals surface area contributed by atoms with Crippen molar-refractivity contribution in [1.29, 1.82) is 0 Å². The van der Waals surface area contributed by atoms with Gasteiger partial charge in [-0.1, -0.05) is 24.6 Å². The maximum Gasteiger partial charge on any atom is 0.243 e. The van der Waals surface area contributed by atoms with Crippen molar-refractivity contribution in [2.24, 2.45) is 0 Å². The number of hydrogen-bond acceptors (Lipinski definition) is 4. The van der Waals surface area contributed by atoms with Gasteiger partial charge in [0.2, 0.25) is 15.9 Å². The molecule has 0 atom stereocenters. The number of halogens is 1. The average Bonchev–Trinajstić information content (AvgIpc) is 2.61. The number of amides is 1. The monoisotopic (exact) mass is 389 g/mol. The van der Waals surface area contributed by atoms with Gasteiger partial charge >= 0.3 is 0 Å². The molecule has 0 bridgehead atoms. The smallest absolute Gasteiger partial charge is 0.243 e. The van der Waals surface area contributed by atoms with E-state index < -0.39 is 10.0 Å². The molecule has 2 rings (SSSR count). The standard InChI is InChI=1S/C17H27N3O3S.ClH/c1-18-11-7-10-17(21)19-14-15-8-3-4-9-16(15)24(22,23)20-12-5-2-6-13-20;/h3-4,8-9,18H,2,5-7,10-14H2,1H3,(H,19,21);1H. The summed E-state index contributed by atoms with van der Waals surface area (Å²) < 4.78 is 27.3. The van der Waals surface area contributed by atoms with Crippen molar-refractivity contribution in [2.45, 2.75) is 43.5 Å². The van der Waals surface area contributed by atoms with Crippen LogP contribution >= 0.6 is 12.4 Å². The van der Waals surface area contributed by atoms with E-state index in [1.165, 1.54) is 0 Å². The maximum absolute atomic E-state index is 12.9. The highest BCUT2D eigenvalue weighted by atomic mass is 35.5. The summed E-state index contributed by atoms with van der Waals surface area (Å²) in [5.74, 6) is -0.0598. The molecule has 1 aliphatic rings. The summed E-state index contributed by atoms with van der Waals surface area (Å²) in [4.78, 5) is 12.2. The van der Waals surface area contributed by atoms with E-state index in [-0.39, 0.29) is 24.9 Å². The molecule has 0 aromatic heterocycles. The van der Waals surface area contributed by atoms with E-state index in [4.69, 9.17) is 0 Å². The van der Waals surface area contributed by atoms with Crippen LogP contribution in [0.2, 0.25) is 0 Å². The van der Waals surface area contributed by atoms with Gasteiger partial charge in [0.05, 0.1) is 4.90 Å². The van der Waals surface area contributed by atoms with Crippen molar-refractivity contribution in [1.82, 2.24) is 14.9 Å². The molecule has 0 spiro atoms. The van der Waals surface area contributed by atoms with Crippen molar-refractivity contribution in [3.8, 4) is 0 Å². The first-order valence-electron chi connectivity index (χ1n) is 8.55. The van der Waals surface area contributed by atoms with Crippen molar-refractivity contribution >= 4 is 28.3 Å². The van der Waals surface area contributed by atoms with Crippen molar-refractivity contribution in [3.05, 3.63) is 29.8 Å². The van der Waals surface area contributed by atoms with E-state index in [1.54, 1.807) is 28.6 Å². The molecule has 1 aliphatic heterocycles. The molecule has 8 heteroatoms. The van der Waals surface area contributed by atoms with E-state index in [9.17, 15) is 13.2 Å². The van der Waals surface area contributed by atoms with Gasteiger partial charge in [-0.3, -0.25) is 4.79 Å². The number of carbonyl (C=O) groups excluding carboxylic acids is 1. The molecule has 0 radical (unpaired) electrons. The van der Waals surface area contributed by atoms with Crippen LogP contribution in [-0.2, 0) is 21.4 Å². The Kier molecular flexibility index (Phi) is 9.42. The summed E-state index contributed by atoms with van der Waals surface area (Å²) in [6.45, 7) is 2.18. The van der Waals surface area contributed by atoms with Crippen molar-refractivity contribution in [3.63, 3.8) is 0 Å². The summed E-state index contributed by atoms with van der Waals surface area (Å²) in [6.07, 6.45) is 4.08. The van der Waals surface area contributed by atoms with Crippen LogP contribution in [0.3, 0.4) is 0 Å². The van der Waals surface area contributed by atoms with Crippen LogP contribution in [0.1, 0.15) is 37.7 Å². The van der Waals surface area contributed by atoms with Gasteiger partial charge < -0.3 is 10.6 Å². The van der Waals surface area contributed by atoms with Crippen LogP contribution in [0.4, 0.5) is 0 Å². The minimum absolute atomic E-state index is 0. The third-order valence-corrected chi connectivity index (χ3v) is 6.21. The Labute approximate surface area is 156 Å². The SMILES string of the molecule is CNCCCC(=O)NCc1ccccc1S(=O)(=O)N1CCCCC1.Cl. The molecular weight excluding hydrogens is 362 g/mol. The predicted octanol–water partition coefficient (Wildman–Crippen LogP) is 1.90. The molecule has 6 nitrogen and oxygen atoms in total. The lowest BCUT2D eigenvalue weighted by Crippen LogP contribution is -2.36. The van der Waals surface area contributed by atoms with E-state index in [2.05, 4.69) is 10.6 Å². The zero-order valence-corrected chi connectivity index (χ0v) is 16.3. The lowest BCUT2D eigenvalue weighted by atomic mass is 10.2. The van der Waals surface area contributed by atoms with E-state index in [0.717, 1.165) is 32.2 Å². The summed E-state index contributed by atoms with van der Waals surface area (Å²) in [6, 6.07) is 6.93. The summed E-state index contributed by atoms with van der Waals surface area (Å²) in [5, 5.41) is 5.82. The zero-order chi connectivity index (χ0) is 17.4. The van der Waals surface area contributed by atoms with Gasteiger partial charge in [0.1, 0.15) is 0 Å². The van der Waals surface area contributed by atoms with Gasteiger partial charge in [0.25, 0.3) is 0 Å². The van der Waals surface area contributed by atoms with Crippen LogP contribution in [0.5, 0.6) is 0 Å². The van der Waals surface area contributed by atoms with Gasteiger partial charge in [0.15, 0.2) is 0 Å². The number of nitrogens with zero attached hydrogens (tertiary/aromatic N) is 1. The normalized spacial score (nSPS) is 15.4. The quantitative estimate of drug-likeness (QED) is 0.665. The lowest BCUT2D eigenvalue weighted by Gasteiger charge is -2.26. The third-order valence-electron chi connectivity index (χ3n) is 4.21. The number of piperidine rings is 1. The number of rotatable bonds is 8. The fourth-order valence-corrected chi connectivity index (χ4v) is 4.59. The fraction of sp³-hybridized carbons (Fsp3) is 0.588. The summed E-state index contributed by atoms with van der Waals surface area (Å²) in [7, 11) is -1.64. The molecule has 1 saturated heterocycles. The Morgan fingerprint density at radius 1 is 1.16 bits per heavy atom. The first-order chi connectivity index (χ1) is 11.6.